The molecule has 29 heavy (non-hydrogen) atoms. The van der Waals surface area contributed by atoms with Gasteiger partial charge >= 0.3 is 5.97 Å². The van der Waals surface area contributed by atoms with Gasteiger partial charge < -0.3 is 10.1 Å². The number of aromatic nitrogens is 3. The number of nitrogens with one attached hydrogen (secondary N) is 1. The van der Waals surface area contributed by atoms with Crippen LogP contribution in [0.1, 0.15) is 24.1 Å². The van der Waals surface area contributed by atoms with Crippen LogP contribution in [0.5, 0.6) is 0 Å². The van der Waals surface area contributed by atoms with E-state index in [1.165, 1.54) is 18.5 Å². The van der Waals surface area contributed by atoms with E-state index >= 15 is 0 Å². The highest BCUT2D eigenvalue weighted by Gasteiger charge is 2.34. The van der Waals surface area contributed by atoms with Crippen LogP contribution >= 0.6 is 0 Å². The maximum atomic E-state index is 13.0. The standard InChI is InChI=1S/C20H17N5O4/c1-13-17(19(26)29-11-14-5-3-2-4-6-14)18(24-20(23-13)21-12-22-24)15-7-9-16(10-8-15)25(27)28/h2-10,12,18H,11H2,1H3,(H,21,22,23). The van der Waals surface area contributed by atoms with E-state index in [9.17, 15) is 14.9 Å². The number of anilines is 1. The topological polar surface area (TPSA) is 112 Å². The van der Waals surface area contributed by atoms with Crippen molar-refractivity contribution in [3.8, 4) is 0 Å². The number of carbonyl (C=O) groups is 1. The SMILES string of the molecule is CC1=C(C(=O)OCc2ccccc2)C(c2ccc([N+](=O)[O-])cc2)n2ncnc2N1. The number of carbonyl (C=O) groups excluding carboxylic acids is 1. The monoisotopic (exact) mass is 391 g/mol. The Balaban J connectivity index is 1.68. The Morgan fingerprint density at radius 1 is 1.21 bits per heavy atom. The summed E-state index contributed by atoms with van der Waals surface area (Å²) in [5.74, 6) is -0.0196. The molecule has 0 saturated heterocycles. The summed E-state index contributed by atoms with van der Waals surface area (Å²) in [6, 6.07) is 14.8. The fourth-order valence-corrected chi connectivity index (χ4v) is 3.24. The second-order valence-electron chi connectivity index (χ2n) is 6.50. The zero-order valence-corrected chi connectivity index (χ0v) is 15.5. The molecule has 9 nitrogen and oxygen atoms in total. The second-order valence-corrected chi connectivity index (χ2v) is 6.50. The number of non-ortho nitro benzene ring substituents is 1. The van der Waals surface area contributed by atoms with Crippen LogP contribution in [0.3, 0.4) is 0 Å². The predicted octanol–water partition coefficient (Wildman–Crippen LogP) is 3.22. The highest BCUT2D eigenvalue weighted by molar-refractivity contribution is 5.92. The van der Waals surface area contributed by atoms with Crippen LogP contribution < -0.4 is 5.32 Å². The molecule has 4 rings (SSSR count). The summed E-state index contributed by atoms with van der Waals surface area (Å²) in [6.45, 7) is 1.89. The van der Waals surface area contributed by atoms with Gasteiger partial charge in [0.25, 0.3) is 5.69 Å². The Kier molecular flexibility index (Phi) is 4.78. The first kappa shape index (κ1) is 18.4. The van der Waals surface area contributed by atoms with Crippen LogP contribution in [0.15, 0.2) is 72.2 Å². The van der Waals surface area contributed by atoms with E-state index in [1.54, 1.807) is 23.7 Å². The summed E-state index contributed by atoms with van der Waals surface area (Å²) in [6.07, 6.45) is 1.38. The maximum Gasteiger partial charge on any atom is 0.338 e. The fourth-order valence-electron chi connectivity index (χ4n) is 3.24. The predicted molar refractivity (Wildman–Crippen MR) is 104 cm³/mol. The third kappa shape index (κ3) is 3.57. The summed E-state index contributed by atoms with van der Waals surface area (Å²) in [5.41, 5.74) is 2.46. The second kappa shape index (κ2) is 7.55. The van der Waals surface area contributed by atoms with Gasteiger partial charge in [0.05, 0.1) is 10.5 Å². The smallest absolute Gasteiger partial charge is 0.338 e. The van der Waals surface area contributed by atoms with Crippen molar-refractivity contribution < 1.29 is 14.5 Å². The molecular weight excluding hydrogens is 374 g/mol. The Labute approximate surface area is 165 Å². The van der Waals surface area contributed by atoms with Gasteiger partial charge in [-0.25, -0.2) is 9.48 Å². The Morgan fingerprint density at radius 2 is 1.93 bits per heavy atom. The molecule has 146 valence electrons. The molecule has 3 aromatic rings. The normalized spacial score (nSPS) is 15.4. The van der Waals surface area contributed by atoms with Crippen LogP contribution in [0, 0.1) is 10.1 Å². The summed E-state index contributed by atoms with van der Waals surface area (Å²) in [5, 5.41) is 18.3. The van der Waals surface area contributed by atoms with E-state index in [-0.39, 0.29) is 12.3 Å². The first-order valence-corrected chi connectivity index (χ1v) is 8.87. The van der Waals surface area contributed by atoms with Crippen molar-refractivity contribution in [2.75, 3.05) is 5.32 Å². The third-order valence-corrected chi connectivity index (χ3v) is 4.65. The van der Waals surface area contributed by atoms with E-state index in [0.29, 0.717) is 22.8 Å². The van der Waals surface area contributed by atoms with Crippen LogP contribution in [0.4, 0.5) is 11.6 Å². The minimum absolute atomic E-state index is 0.0320. The van der Waals surface area contributed by atoms with E-state index in [4.69, 9.17) is 4.74 Å². The number of benzene rings is 2. The van der Waals surface area contributed by atoms with Gasteiger partial charge in [0.2, 0.25) is 5.95 Å². The van der Waals surface area contributed by atoms with E-state index in [1.807, 2.05) is 30.3 Å². The van der Waals surface area contributed by atoms with Crippen molar-refractivity contribution in [3.05, 3.63) is 93.4 Å². The highest BCUT2D eigenvalue weighted by atomic mass is 16.6. The Bertz CT molecular complexity index is 1090. The number of rotatable bonds is 5. The molecule has 0 radical (unpaired) electrons. The lowest BCUT2D eigenvalue weighted by Gasteiger charge is -2.28. The van der Waals surface area contributed by atoms with Gasteiger partial charge in [-0.15, -0.1) is 0 Å². The van der Waals surface area contributed by atoms with E-state index in [2.05, 4.69) is 15.4 Å². The molecule has 1 unspecified atom stereocenters. The number of ether oxygens (including phenoxy) is 1. The number of fused-ring (bicyclic) bond motifs is 1. The van der Waals surface area contributed by atoms with Crippen LogP contribution in [-0.2, 0) is 16.1 Å². The number of nitro groups is 1. The van der Waals surface area contributed by atoms with Gasteiger partial charge in [0.1, 0.15) is 19.0 Å². The maximum absolute atomic E-state index is 13.0. The molecule has 9 heteroatoms. The highest BCUT2D eigenvalue weighted by Crippen LogP contribution is 2.35. The molecule has 1 N–H and O–H groups in total. The molecule has 1 aromatic heterocycles. The number of allylic oxidation sites excluding steroid dienone is 1. The molecule has 1 atom stereocenters. The zero-order valence-electron chi connectivity index (χ0n) is 15.5. The van der Waals surface area contributed by atoms with Gasteiger partial charge in [-0.3, -0.25) is 10.1 Å². The van der Waals surface area contributed by atoms with Gasteiger partial charge in [-0.2, -0.15) is 10.1 Å². The molecule has 0 saturated carbocycles. The molecule has 2 heterocycles. The molecule has 0 aliphatic carbocycles. The number of nitrogens with zero attached hydrogens (tertiary/aromatic N) is 4. The minimum Gasteiger partial charge on any atom is -0.457 e. The van der Waals surface area contributed by atoms with Crippen LogP contribution in [0.25, 0.3) is 0 Å². The first-order valence-electron chi connectivity index (χ1n) is 8.87. The Hall–Kier alpha value is -4.01. The van der Waals surface area contributed by atoms with Gasteiger partial charge in [-0.1, -0.05) is 30.3 Å². The molecule has 0 amide bonds. The largest absolute Gasteiger partial charge is 0.457 e. The zero-order chi connectivity index (χ0) is 20.4. The molecule has 2 aromatic carbocycles. The van der Waals surface area contributed by atoms with Crippen molar-refractivity contribution >= 4 is 17.6 Å². The van der Waals surface area contributed by atoms with Crippen molar-refractivity contribution in [3.63, 3.8) is 0 Å². The molecule has 0 spiro atoms. The lowest BCUT2D eigenvalue weighted by Crippen LogP contribution is -2.29. The van der Waals surface area contributed by atoms with Gasteiger partial charge in [-0.05, 0) is 30.2 Å². The lowest BCUT2D eigenvalue weighted by molar-refractivity contribution is -0.384. The lowest BCUT2D eigenvalue weighted by atomic mass is 9.95. The average molecular weight is 391 g/mol. The molecular formula is C20H17N5O4. The summed E-state index contributed by atoms with van der Waals surface area (Å²) < 4.78 is 7.10. The molecule has 0 fully saturated rings. The fraction of sp³-hybridized carbons (Fsp3) is 0.150. The minimum atomic E-state index is -0.613. The summed E-state index contributed by atoms with van der Waals surface area (Å²) >= 11 is 0. The number of hydrogen-bond donors (Lipinski definition) is 1. The molecule has 0 bridgehead atoms. The average Bonchev–Trinajstić information content (AvgIpc) is 3.20. The van der Waals surface area contributed by atoms with Crippen LogP contribution in [0.2, 0.25) is 0 Å². The Morgan fingerprint density at radius 3 is 2.62 bits per heavy atom. The van der Waals surface area contributed by atoms with Gasteiger partial charge in [0.15, 0.2) is 0 Å². The third-order valence-electron chi connectivity index (χ3n) is 4.65. The number of nitro benzene ring substituents is 1. The van der Waals surface area contributed by atoms with Crippen LogP contribution in [-0.4, -0.2) is 25.7 Å². The molecule has 1 aliphatic heterocycles. The van der Waals surface area contributed by atoms with E-state index in [0.717, 1.165) is 5.56 Å². The summed E-state index contributed by atoms with van der Waals surface area (Å²) in [4.78, 5) is 27.7. The van der Waals surface area contributed by atoms with Crippen molar-refractivity contribution in [1.29, 1.82) is 0 Å². The quantitative estimate of drug-likeness (QED) is 0.404. The molecule has 1 aliphatic rings. The number of hydrogen-bond acceptors (Lipinski definition) is 7. The van der Waals surface area contributed by atoms with Crippen molar-refractivity contribution in [2.24, 2.45) is 0 Å². The first-order chi connectivity index (χ1) is 14.0. The number of esters is 1. The van der Waals surface area contributed by atoms with Gasteiger partial charge in [0, 0.05) is 17.8 Å². The van der Waals surface area contributed by atoms with Crippen molar-refractivity contribution in [1.82, 2.24) is 14.8 Å². The summed E-state index contributed by atoms with van der Waals surface area (Å²) in [7, 11) is 0. The van der Waals surface area contributed by atoms with Crippen molar-refractivity contribution in [2.45, 2.75) is 19.6 Å². The van der Waals surface area contributed by atoms with E-state index < -0.39 is 16.9 Å².